The maximum absolute atomic E-state index is 12.3. The Morgan fingerprint density at radius 3 is 2.59 bits per heavy atom. The Balaban J connectivity index is 2.23. The van der Waals surface area contributed by atoms with Crippen LogP contribution >= 0.6 is 22.7 Å². The second kappa shape index (κ2) is 7.56. The third-order valence-electron chi connectivity index (χ3n) is 3.18. The minimum atomic E-state index is -0.423. The normalized spacial score (nSPS) is 10.5. The van der Waals surface area contributed by atoms with Crippen LogP contribution in [0.1, 0.15) is 50.7 Å². The van der Waals surface area contributed by atoms with Crippen LogP contribution in [0, 0.1) is 0 Å². The summed E-state index contributed by atoms with van der Waals surface area (Å²) in [4.78, 5) is 26.4. The molecule has 0 aliphatic carbocycles. The van der Waals surface area contributed by atoms with Crippen molar-refractivity contribution in [3.63, 3.8) is 0 Å². The molecule has 0 radical (unpaired) electrons. The zero-order chi connectivity index (χ0) is 16.1. The molecule has 2 aromatic rings. The summed E-state index contributed by atoms with van der Waals surface area (Å²) in [5.74, 6) is -0.612. The van der Waals surface area contributed by atoms with E-state index in [1.165, 1.54) is 18.4 Å². The Morgan fingerprint density at radius 2 is 2.00 bits per heavy atom. The van der Waals surface area contributed by atoms with E-state index >= 15 is 0 Å². The summed E-state index contributed by atoms with van der Waals surface area (Å²) in [6, 6.07) is 3.69. The topological polar surface area (TPSA) is 55.4 Å². The molecule has 0 aliphatic rings. The molecule has 0 aliphatic heterocycles. The predicted molar refractivity (Wildman–Crippen MR) is 91.3 cm³/mol. The van der Waals surface area contributed by atoms with Gasteiger partial charge in [0, 0.05) is 15.1 Å². The minimum Gasteiger partial charge on any atom is -0.465 e. The van der Waals surface area contributed by atoms with Gasteiger partial charge in [-0.15, -0.1) is 22.7 Å². The SMILES string of the molecule is CCCc1cc(C(=O)OC)c(NC(=O)c2csc(CC)c2)s1. The van der Waals surface area contributed by atoms with Gasteiger partial charge in [0.2, 0.25) is 0 Å². The van der Waals surface area contributed by atoms with Crippen LogP contribution in [0.15, 0.2) is 17.5 Å². The number of hydrogen-bond donors (Lipinski definition) is 1. The monoisotopic (exact) mass is 337 g/mol. The first-order valence-electron chi connectivity index (χ1n) is 7.18. The molecule has 22 heavy (non-hydrogen) atoms. The summed E-state index contributed by atoms with van der Waals surface area (Å²) < 4.78 is 4.80. The number of nitrogens with one attached hydrogen (secondary N) is 1. The van der Waals surface area contributed by atoms with Crippen molar-refractivity contribution < 1.29 is 14.3 Å². The maximum Gasteiger partial charge on any atom is 0.340 e. The van der Waals surface area contributed by atoms with Crippen molar-refractivity contribution in [3.8, 4) is 0 Å². The van der Waals surface area contributed by atoms with Crippen molar-refractivity contribution in [2.45, 2.75) is 33.1 Å². The summed E-state index contributed by atoms with van der Waals surface area (Å²) in [6.07, 6.45) is 2.77. The summed E-state index contributed by atoms with van der Waals surface area (Å²) in [7, 11) is 1.34. The van der Waals surface area contributed by atoms with Crippen molar-refractivity contribution in [1.29, 1.82) is 0 Å². The first kappa shape index (κ1) is 16.7. The molecule has 0 saturated carbocycles. The largest absolute Gasteiger partial charge is 0.465 e. The highest BCUT2D eigenvalue weighted by Crippen LogP contribution is 2.30. The number of anilines is 1. The third kappa shape index (κ3) is 3.75. The molecule has 0 aromatic carbocycles. The Kier molecular flexibility index (Phi) is 5.74. The van der Waals surface area contributed by atoms with Crippen LogP contribution in [-0.4, -0.2) is 19.0 Å². The van der Waals surface area contributed by atoms with Crippen molar-refractivity contribution in [1.82, 2.24) is 0 Å². The van der Waals surface area contributed by atoms with Gasteiger partial charge in [0.25, 0.3) is 5.91 Å². The molecule has 1 N–H and O–H groups in total. The summed E-state index contributed by atoms with van der Waals surface area (Å²) in [5.41, 5.74) is 1.05. The van der Waals surface area contributed by atoms with E-state index < -0.39 is 5.97 Å². The lowest BCUT2D eigenvalue weighted by molar-refractivity contribution is 0.0602. The van der Waals surface area contributed by atoms with Gasteiger partial charge in [0.05, 0.1) is 18.2 Å². The Hall–Kier alpha value is -1.66. The molecule has 118 valence electrons. The van der Waals surface area contributed by atoms with Crippen molar-refractivity contribution in [2.24, 2.45) is 0 Å². The smallest absolute Gasteiger partial charge is 0.340 e. The molecule has 0 bridgehead atoms. The fraction of sp³-hybridized carbons (Fsp3) is 0.375. The number of ether oxygens (including phenoxy) is 1. The van der Waals surface area contributed by atoms with Gasteiger partial charge in [-0.1, -0.05) is 20.3 Å². The molecule has 2 rings (SSSR count). The molecular weight excluding hydrogens is 318 g/mol. The molecule has 0 unspecified atom stereocenters. The average molecular weight is 337 g/mol. The van der Waals surface area contributed by atoms with E-state index in [1.54, 1.807) is 17.4 Å². The summed E-state index contributed by atoms with van der Waals surface area (Å²) in [5, 5.41) is 5.24. The van der Waals surface area contributed by atoms with E-state index in [0.717, 1.165) is 29.0 Å². The second-order valence-electron chi connectivity index (χ2n) is 4.81. The standard InChI is InChI=1S/C16H19NO3S2/c1-4-6-12-8-13(16(19)20-3)15(22-12)17-14(18)10-7-11(5-2)21-9-10/h7-9H,4-6H2,1-3H3,(H,17,18). The van der Waals surface area contributed by atoms with Crippen LogP contribution in [0.5, 0.6) is 0 Å². The lowest BCUT2D eigenvalue weighted by Gasteiger charge is -2.03. The van der Waals surface area contributed by atoms with Gasteiger partial charge in [-0.2, -0.15) is 0 Å². The van der Waals surface area contributed by atoms with Gasteiger partial charge >= 0.3 is 5.97 Å². The van der Waals surface area contributed by atoms with E-state index in [-0.39, 0.29) is 5.91 Å². The zero-order valence-electron chi connectivity index (χ0n) is 12.9. The van der Waals surface area contributed by atoms with Crippen LogP contribution in [-0.2, 0) is 17.6 Å². The lowest BCUT2D eigenvalue weighted by atomic mass is 10.2. The van der Waals surface area contributed by atoms with Gasteiger partial charge in [0.15, 0.2) is 0 Å². The van der Waals surface area contributed by atoms with E-state index in [4.69, 9.17) is 4.74 Å². The number of esters is 1. The molecule has 6 heteroatoms. The van der Waals surface area contributed by atoms with Crippen LogP contribution in [0.3, 0.4) is 0 Å². The number of methoxy groups -OCH3 is 1. The first-order chi connectivity index (χ1) is 10.6. The Bertz CT molecular complexity index is 673. The van der Waals surface area contributed by atoms with Crippen molar-refractivity contribution in [2.75, 3.05) is 12.4 Å². The Morgan fingerprint density at radius 1 is 1.23 bits per heavy atom. The molecule has 0 spiro atoms. The highest BCUT2D eigenvalue weighted by atomic mass is 32.1. The summed E-state index contributed by atoms with van der Waals surface area (Å²) in [6.45, 7) is 4.13. The van der Waals surface area contributed by atoms with Gasteiger partial charge in [-0.25, -0.2) is 4.79 Å². The average Bonchev–Trinajstić information content (AvgIpc) is 3.13. The van der Waals surface area contributed by atoms with Crippen LogP contribution in [0.25, 0.3) is 0 Å². The molecule has 4 nitrogen and oxygen atoms in total. The maximum atomic E-state index is 12.3. The highest BCUT2D eigenvalue weighted by Gasteiger charge is 2.19. The number of carbonyl (C=O) groups excluding carboxylic acids is 2. The minimum absolute atomic E-state index is 0.189. The van der Waals surface area contributed by atoms with E-state index in [0.29, 0.717) is 16.1 Å². The third-order valence-corrected chi connectivity index (χ3v) is 5.37. The van der Waals surface area contributed by atoms with E-state index in [1.807, 2.05) is 11.4 Å². The first-order valence-corrected chi connectivity index (χ1v) is 8.88. The molecule has 0 atom stereocenters. The lowest BCUT2D eigenvalue weighted by Crippen LogP contribution is -2.12. The molecule has 0 saturated heterocycles. The number of amides is 1. The molecule has 2 heterocycles. The molecule has 2 aromatic heterocycles. The van der Waals surface area contributed by atoms with E-state index in [2.05, 4.69) is 19.2 Å². The van der Waals surface area contributed by atoms with Crippen LogP contribution < -0.4 is 5.32 Å². The number of carbonyl (C=O) groups is 2. The van der Waals surface area contributed by atoms with Crippen molar-refractivity contribution >= 4 is 39.6 Å². The number of rotatable bonds is 6. The van der Waals surface area contributed by atoms with Gasteiger partial charge < -0.3 is 10.1 Å². The van der Waals surface area contributed by atoms with Crippen LogP contribution in [0.2, 0.25) is 0 Å². The molecular formula is C16H19NO3S2. The van der Waals surface area contributed by atoms with Crippen LogP contribution in [0.4, 0.5) is 5.00 Å². The van der Waals surface area contributed by atoms with E-state index in [9.17, 15) is 9.59 Å². The number of aryl methyl sites for hydroxylation is 2. The zero-order valence-corrected chi connectivity index (χ0v) is 14.5. The van der Waals surface area contributed by atoms with Gasteiger partial charge in [0.1, 0.15) is 5.00 Å². The second-order valence-corrected chi connectivity index (χ2v) is 6.94. The molecule has 0 fully saturated rings. The predicted octanol–water partition coefficient (Wildman–Crippen LogP) is 4.36. The summed E-state index contributed by atoms with van der Waals surface area (Å²) >= 11 is 3.00. The quantitative estimate of drug-likeness (QED) is 0.797. The van der Waals surface area contributed by atoms with Crippen molar-refractivity contribution in [3.05, 3.63) is 38.4 Å². The van der Waals surface area contributed by atoms with Gasteiger partial charge in [-0.05, 0) is 25.0 Å². The fourth-order valence-electron chi connectivity index (χ4n) is 2.03. The number of thiophene rings is 2. The molecule has 1 amide bonds. The number of hydrogen-bond acceptors (Lipinski definition) is 5. The Labute approximate surface area is 138 Å². The highest BCUT2D eigenvalue weighted by molar-refractivity contribution is 7.16. The van der Waals surface area contributed by atoms with Gasteiger partial charge in [-0.3, -0.25) is 4.79 Å². The fourth-order valence-corrected chi connectivity index (χ4v) is 3.98.